The molecule has 194 valence electrons. The highest BCUT2D eigenvalue weighted by Gasteiger charge is 2.16. The van der Waals surface area contributed by atoms with Gasteiger partial charge in [-0.25, -0.2) is 0 Å². The van der Waals surface area contributed by atoms with Crippen molar-refractivity contribution in [1.82, 2.24) is 19.6 Å². The maximum atomic E-state index is 11.4. The summed E-state index contributed by atoms with van der Waals surface area (Å²) in [5, 5.41) is 19.8. The summed E-state index contributed by atoms with van der Waals surface area (Å²) in [6.45, 7) is 5.72. The first kappa shape index (κ1) is 26.8. The number of carboxylic acids is 1. The van der Waals surface area contributed by atoms with E-state index in [1.807, 2.05) is 47.1 Å². The maximum Gasteiger partial charge on any atom is 0.308 e. The summed E-state index contributed by atoms with van der Waals surface area (Å²) in [6.07, 6.45) is 3.06. The van der Waals surface area contributed by atoms with E-state index in [1.54, 1.807) is 16.9 Å². The maximum absolute atomic E-state index is 11.4. The lowest BCUT2D eigenvalue weighted by atomic mass is 10.1. The lowest BCUT2D eigenvalue weighted by molar-refractivity contribution is -0.136. The Labute approximate surface area is 226 Å². The smallest absolute Gasteiger partial charge is 0.308 e. The first-order valence-corrected chi connectivity index (χ1v) is 13.0. The zero-order valence-electron chi connectivity index (χ0n) is 20.9. The van der Waals surface area contributed by atoms with Gasteiger partial charge in [-0.2, -0.15) is 5.10 Å². The van der Waals surface area contributed by atoms with Crippen LogP contribution in [0, 0.1) is 0 Å². The molecule has 0 atom stereocenters. The molecule has 0 fully saturated rings. The van der Waals surface area contributed by atoms with Crippen LogP contribution in [0.2, 0.25) is 10.0 Å². The fourth-order valence-corrected chi connectivity index (χ4v) is 4.50. The molecule has 7 nitrogen and oxygen atoms in total. The third kappa shape index (κ3) is 7.37. The fourth-order valence-electron chi connectivity index (χ4n) is 4.03. The van der Waals surface area contributed by atoms with Crippen LogP contribution in [0.1, 0.15) is 54.3 Å². The minimum absolute atomic E-state index is 0.142. The van der Waals surface area contributed by atoms with Crippen LogP contribution < -0.4 is 4.74 Å². The summed E-state index contributed by atoms with van der Waals surface area (Å²) in [6, 6.07) is 17.5. The predicted octanol–water partition coefficient (Wildman–Crippen LogP) is 6.25. The van der Waals surface area contributed by atoms with Crippen LogP contribution in [0.5, 0.6) is 5.88 Å². The number of benzene rings is 2. The molecule has 0 saturated heterocycles. The summed E-state index contributed by atoms with van der Waals surface area (Å²) in [5.74, 6) is -0.262. The van der Waals surface area contributed by atoms with E-state index >= 15 is 0 Å². The van der Waals surface area contributed by atoms with E-state index in [9.17, 15) is 9.90 Å². The van der Waals surface area contributed by atoms with Crippen LogP contribution in [0.3, 0.4) is 0 Å². The molecule has 0 unspecified atom stereocenters. The van der Waals surface area contributed by atoms with Crippen molar-refractivity contribution in [3.8, 4) is 5.88 Å². The number of carbonyl (C=O) groups is 1. The standard InChI is InChI=1S/C28H30Cl2N4O3/c1-19(2)26-15-24(34(31-26)18-21-10-11-23(29)14-25(21)30)9-6-12-37-28-22(13-27(35)36)17-33(32-28)16-20-7-4-3-5-8-20/h3-5,7-8,10-11,14-15,17,19H,6,9,12-13,16,18H2,1-2H3,(H,35,36). The van der Waals surface area contributed by atoms with Gasteiger partial charge in [0.1, 0.15) is 0 Å². The molecule has 4 aromatic rings. The molecule has 2 heterocycles. The van der Waals surface area contributed by atoms with Crippen LogP contribution >= 0.6 is 23.2 Å². The van der Waals surface area contributed by atoms with Gasteiger partial charge >= 0.3 is 5.97 Å². The summed E-state index contributed by atoms with van der Waals surface area (Å²) in [5.41, 5.74) is 4.69. The van der Waals surface area contributed by atoms with Crippen LogP contribution in [-0.4, -0.2) is 37.2 Å². The summed E-state index contributed by atoms with van der Waals surface area (Å²) in [4.78, 5) is 11.4. The fraction of sp³-hybridized carbons (Fsp3) is 0.321. The van der Waals surface area contributed by atoms with Crippen LogP contribution in [-0.2, 0) is 30.7 Å². The topological polar surface area (TPSA) is 82.2 Å². The molecule has 0 aliphatic heterocycles. The number of rotatable bonds is 12. The highest BCUT2D eigenvalue weighted by Crippen LogP contribution is 2.24. The zero-order chi connectivity index (χ0) is 26.4. The predicted molar refractivity (Wildman–Crippen MR) is 145 cm³/mol. The normalized spacial score (nSPS) is 11.3. The molecule has 0 spiro atoms. The Hall–Kier alpha value is -3.29. The van der Waals surface area contributed by atoms with Crippen LogP contribution in [0.25, 0.3) is 0 Å². The summed E-state index contributed by atoms with van der Waals surface area (Å²) >= 11 is 12.5. The Morgan fingerprint density at radius 2 is 1.81 bits per heavy atom. The van der Waals surface area contributed by atoms with E-state index < -0.39 is 5.97 Å². The Balaban J connectivity index is 1.42. The first-order chi connectivity index (χ1) is 17.8. The van der Waals surface area contributed by atoms with Gasteiger partial charge in [-0.05, 0) is 48.1 Å². The summed E-state index contributed by atoms with van der Waals surface area (Å²) < 4.78 is 9.67. The number of halogens is 2. The molecule has 1 N–H and O–H groups in total. The molecule has 4 rings (SSSR count). The molecule has 0 amide bonds. The van der Waals surface area contributed by atoms with Gasteiger partial charge in [0.25, 0.3) is 0 Å². The second-order valence-corrected chi connectivity index (χ2v) is 10.1. The van der Waals surface area contributed by atoms with Crippen molar-refractivity contribution in [2.75, 3.05) is 6.61 Å². The van der Waals surface area contributed by atoms with Crippen molar-refractivity contribution in [2.45, 2.75) is 52.1 Å². The Morgan fingerprint density at radius 1 is 1.03 bits per heavy atom. The van der Waals surface area contributed by atoms with E-state index in [2.05, 4.69) is 25.0 Å². The number of aliphatic carboxylic acids is 1. The number of aryl methyl sites for hydroxylation is 1. The number of hydrogen-bond donors (Lipinski definition) is 1. The van der Waals surface area contributed by atoms with Gasteiger partial charge in [0.15, 0.2) is 0 Å². The SMILES string of the molecule is CC(C)c1cc(CCCOc2nn(Cc3ccccc3)cc2CC(=O)O)n(Cc2ccc(Cl)cc2Cl)n1. The molecule has 0 aliphatic carbocycles. The highest BCUT2D eigenvalue weighted by molar-refractivity contribution is 6.35. The Kier molecular flexibility index (Phi) is 8.90. The highest BCUT2D eigenvalue weighted by atomic mass is 35.5. The second kappa shape index (κ2) is 12.3. The van der Waals surface area contributed by atoms with Crippen molar-refractivity contribution >= 4 is 29.2 Å². The van der Waals surface area contributed by atoms with Crippen molar-refractivity contribution in [3.05, 3.63) is 98.9 Å². The monoisotopic (exact) mass is 540 g/mol. The van der Waals surface area contributed by atoms with E-state index in [-0.39, 0.29) is 6.42 Å². The molecule has 0 saturated carbocycles. The van der Waals surface area contributed by atoms with Crippen molar-refractivity contribution < 1.29 is 14.6 Å². The molecular weight excluding hydrogens is 511 g/mol. The third-order valence-corrected chi connectivity index (χ3v) is 6.54. The van der Waals surface area contributed by atoms with Gasteiger partial charge in [0.2, 0.25) is 5.88 Å². The van der Waals surface area contributed by atoms with Gasteiger partial charge in [0.05, 0.1) is 31.8 Å². The molecule has 0 bridgehead atoms. The largest absolute Gasteiger partial charge is 0.481 e. The average Bonchev–Trinajstić information content (AvgIpc) is 3.42. The van der Waals surface area contributed by atoms with E-state index in [4.69, 9.17) is 33.0 Å². The molecule has 2 aromatic heterocycles. The number of carboxylic acid groups (broad SMARTS) is 1. The van der Waals surface area contributed by atoms with Crippen LogP contribution in [0.4, 0.5) is 0 Å². The van der Waals surface area contributed by atoms with E-state index in [0.29, 0.717) is 47.1 Å². The number of hydrogen-bond acceptors (Lipinski definition) is 4. The first-order valence-electron chi connectivity index (χ1n) is 12.2. The molecule has 0 radical (unpaired) electrons. The van der Waals surface area contributed by atoms with Crippen molar-refractivity contribution in [3.63, 3.8) is 0 Å². The van der Waals surface area contributed by atoms with Gasteiger partial charge in [0, 0.05) is 27.5 Å². The van der Waals surface area contributed by atoms with E-state index in [1.165, 1.54) is 0 Å². The van der Waals surface area contributed by atoms with Gasteiger partial charge < -0.3 is 9.84 Å². The summed E-state index contributed by atoms with van der Waals surface area (Å²) in [7, 11) is 0. The van der Waals surface area contributed by atoms with Gasteiger partial charge in [-0.3, -0.25) is 14.2 Å². The molecule has 2 aromatic carbocycles. The third-order valence-electron chi connectivity index (χ3n) is 5.95. The lowest BCUT2D eigenvalue weighted by Crippen LogP contribution is -2.09. The minimum Gasteiger partial charge on any atom is -0.481 e. The molecule has 9 heteroatoms. The van der Waals surface area contributed by atoms with Gasteiger partial charge in [-0.15, -0.1) is 5.10 Å². The minimum atomic E-state index is -0.921. The van der Waals surface area contributed by atoms with E-state index in [0.717, 1.165) is 35.4 Å². The lowest BCUT2D eigenvalue weighted by Gasteiger charge is -2.10. The Bertz CT molecular complexity index is 1350. The number of ether oxygens (including phenoxy) is 1. The molecule has 37 heavy (non-hydrogen) atoms. The zero-order valence-corrected chi connectivity index (χ0v) is 22.4. The second-order valence-electron chi connectivity index (χ2n) is 9.27. The van der Waals surface area contributed by atoms with Crippen molar-refractivity contribution in [1.29, 1.82) is 0 Å². The van der Waals surface area contributed by atoms with Gasteiger partial charge in [-0.1, -0.05) is 73.4 Å². The Morgan fingerprint density at radius 3 is 2.51 bits per heavy atom. The average molecular weight is 541 g/mol. The number of nitrogens with zero attached hydrogens (tertiary/aromatic N) is 4. The molecule has 0 aliphatic rings. The quantitative estimate of drug-likeness (QED) is 0.215. The molecular formula is C28H30Cl2N4O3. The number of aromatic nitrogens is 4. The van der Waals surface area contributed by atoms with Crippen LogP contribution in [0.15, 0.2) is 60.8 Å². The van der Waals surface area contributed by atoms with Crippen molar-refractivity contribution in [2.24, 2.45) is 0 Å².